The highest BCUT2D eigenvalue weighted by Crippen LogP contribution is 2.29. The van der Waals surface area contributed by atoms with E-state index in [4.69, 9.17) is 0 Å². The summed E-state index contributed by atoms with van der Waals surface area (Å²) in [6, 6.07) is 11.0. The monoisotopic (exact) mass is 363 g/mol. The number of fused-ring (bicyclic) bond motifs is 1. The fourth-order valence-electron chi connectivity index (χ4n) is 2.95. The van der Waals surface area contributed by atoms with Crippen LogP contribution in [0.15, 0.2) is 41.3 Å². The molecule has 0 bridgehead atoms. The van der Waals surface area contributed by atoms with E-state index >= 15 is 0 Å². The number of thioether (sulfide) groups is 1. The molecular weight excluding hydrogens is 344 g/mol. The molecule has 6 heteroatoms. The third-order valence-corrected chi connectivity index (χ3v) is 5.21. The maximum Gasteiger partial charge on any atom is 0.387 e. The van der Waals surface area contributed by atoms with Gasteiger partial charge in [0.2, 0.25) is 5.91 Å². The Kier molecular flexibility index (Phi) is 5.58. The van der Waals surface area contributed by atoms with Crippen molar-refractivity contribution in [2.24, 2.45) is 0 Å². The van der Waals surface area contributed by atoms with Crippen LogP contribution in [0.2, 0.25) is 0 Å². The van der Waals surface area contributed by atoms with Crippen LogP contribution in [-0.4, -0.2) is 18.3 Å². The predicted octanol–water partition coefficient (Wildman–Crippen LogP) is 4.82. The molecule has 0 fully saturated rings. The van der Waals surface area contributed by atoms with Crippen molar-refractivity contribution < 1.29 is 18.3 Å². The average Bonchev–Trinajstić information content (AvgIpc) is 3.04. The zero-order valence-electron chi connectivity index (χ0n) is 13.9. The van der Waals surface area contributed by atoms with Gasteiger partial charge in [-0.2, -0.15) is 8.78 Å². The Bertz CT molecular complexity index is 780. The number of anilines is 1. The molecule has 0 saturated carbocycles. The van der Waals surface area contributed by atoms with Crippen molar-refractivity contribution in [3.63, 3.8) is 0 Å². The summed E-state index contributed by atoms with van der Waals surface area (Å²) >= 11 is 1.47. The van der Waals surface area contributed by atoms with Crippen LogP contribution in [0, 0.1) is 6.92 Å². The summed E-state index contributed by atoms with van der Waals surface area (Å²) in [5.41, 5.74) is 3.75. The van der Waals surface area contributed by atoms with E-state index in [1.165, 1.54) is 35.4 Å². The number of rotatable bonds is 6. The van der Waals surface area contributed by atoms with E-state index in [1.807, 2.05) is 6.07 Å². The summed E-state index contributed by atoms with van der Waals surface area (Å²) in [5.74, 6) is 0.153. The number of nitrogens with one attached hydrogen (secondary N) is 1. The van der Waals surface area contributed by atoms with Crippen LogP contribution in [0.25, 0.3) is 0 Å². The Morgan fingerprint density at radius 3 is 2.84 bits per heavy atom. The average molecular weight is 363 g/mol. The maximum absolute atomic E-state index is 12.4. The van der Waals surface area contributed by atoms with Gasteiger partial charge in [-0.25, -0.2) is 0 Å². The van der Waals surface area contributed by atoms with Crippen molar-refractivity contribution in [2.75, 3.05) is 11.1 Å². The number of alkyl halides is 2. The lowest BCUT2D eigenvalue weighted by Crippen LogP contribution is -2.15. The molecule has 3 rings (SSSR count). The number of amides is 1. The highest BCUT2D eigenvalue weighted by atomic mass is 32.2. The van der Waals surface area contributed by atoms with Crippen LogP contribution in [-0.2, 0) is 17.6 Å². The number of aryl methyl sites for hydroxylation is 2. The minimum Gasteiger partial charge on any atom is -0.434 e. The zero-order chi connectivity index (χ0) is 17.8. The van der Waals surface area contributed by atoms with Gasteiger partial charge in [0.15, 0.2) is 0 Å². The van der Waals surface area contributed by atoms with E-state index in [-0.39, 0.29) is 17.4 Å². The molecule has 2 aromatic carbocycles. The Morgan fingerprint density at radius 2 is 2.04 bits per heavy atom. The Balaban J connectivity index is 1.59. The first-order chi connectivity index (χ1) is 12.0. The molecule has 0 aliphatic heterocycles. The molecule has 0 radical (unpaired) electrons. The summed E-state index contributed by atoms with van der Waals surface area (Å²) in [4.78, 5) is 13.3. The quantitative estimate of drug-likeness (QED) is 0.748. The van der Waals surface area contributed by atoms with E-state index in [1.54, 1.807) is 19.1 Å². The van der Waals surface area contributed by atoms with E-state index in [0.717, 1.165) is 17.7 Å². The van der Waals surface area contributed by atoms with Gasteiger partial charge < -0.3 is 10.1 Å². The van der Waals surface area contributed by atoms with Gasteiger partial charge in [0.05, 0.1) is 5.75 Å². The molecule has 132 valence electrons. The Labute approximate surface area is 149 Å². The van der Waals surface area contributed by atoms with Crippen molar-refractivity contribution >= 4 is 23.4 Å². The van der Waals surface area contributed by atoms with Crippen LogP contribution < -0.4 is 10.1 Å². The zero-order valence-corrected chi connectivity index (χ0v) is 14.7. The van der Waals surface area contributed by atoms with Gasteiger partial charge in [-0.1, -0.05) is 12.1 Å². The second kappa shape index (κ2) is 7.87. The Hall–Kier alpha value is -2.08. The molecule has 1 N–H and O–H groups in total. The number of halogens is 2. The van der Waals surface area contributed by atoms with Gasteiger partial charge in [0.25, 0.3) is 0 Å². The number of carbonyl (C=O) groups is 1. The molecular formula is C19H19F2NO2S. The van der Waals surface area contributed by atoms with Gasteiger partial charge in [0, 0.05) is 16.1 Å². The molecule has 2 aromatic rings. The van der Waals surface area contributed by atoms with Crippen LogP contribution in [0.4, 0.5) is 14.5 Å². The second-order valence-corrected chi connectivity index (χ2v) is 6.98. The number of ether oxygens (including phenoxy) is 1. The SMILES string of the molecule is Cc1c(NC(=O)CSc2ccc3c(c2)CCC3)cccc1OC(F)F. The lowest BCUT2D eigenvalue weighted by Gasteiger charge is -2.13. The number of hydrogen-bond donors (Lipinski definition) is 1. The van der Waals surface area contributed by atoms with Crippen molar-refractivity contribution in [1.82, 2.24) is 0 Å². The summed E-state index contributed by atoms with van der Waals surface area (Å²) in [6.45, 7) is -1.25. The molecule has 0 unspecified atom stereocenters. The van der Waals surface area contributed by atoms with E-state index in [0.29, 0.717) is 11.3 Å². The largest absolute Gasteiger partial charge is 0.434 e. The molecule has 3 nitrogen and oxygen atoms in total. The first-order valence-corrected chi connectivity index (χ1v) is 9.10. The van der Waals surface area contributed by atoms with Gasteiger partial charge >= 0.3 is 6.61 Å². The lowest BCUT2D eigenvalue weighted by molar-refractivity contribution is -0.113. The molecule has 0 saturated heterocycles. The topological polar surface area (TPSA) is 38.3 Å². The minimum atomic E-state index is -2.89. The molecule has 1 aliphatic carbocycles. The predicted molar refractivity (Wildman–Crippen MR) is 95.6 cm³/mol. The van der Waals surface area contributed by atoms with Gasteiger partial charge in [-0.15, -0.1) is 11.8 Å². The fraction of sp³-hybridized carbons (Fsp3) is 0.316. The van der Waals surface area contributed by atoms with Gasteiger partial charge in [-0.05, 0) is 61.6 Å². The third kappa shape index (κ3) is 4.51. The number of carbonyl (C=O) groups excluding carboxylic acids is 1. The second-order valence-electron chi connectivity index (χ2n) is 5.93. The van der Waals surface area contributed by atoms with Gasteiger partial charge in [0.1, 0.15) is 5.75 Å². The lowest BCUT2D eigenvalue weighted by atomic mass is 10.1. The standard InChI is InChI=1S/C19H19F2NO2S/c1-12-16(6-3-7-17(12)24-19(20)21)22-18(23)11-25-15-9-8-13-4-2-5-14(13)10-15/h3,6-10,19H,2,4-5,11H2,1H3,(H,22,23). The first-order valence-electron chi connectivity index (χ1n) is 8.12. The van der Waals surface area contributed by atoms with E-state index in [2.05, 4.69) is 22.2 Å². The Morgan fingerprint density at radius 1 is 1.24 bits per heavy atom. The molecule has 0 aromatic heterocycles. The number of benzene rings is 2. The van der Waals surface area contributed by atoms with Crippen molar-refractivity contribution in [3.8, 4) is 5.75 Å². The molecule has 0 atom stereocenters. The van der Waals surface area contributed by atoms with Crippen molar-refractivity contribution in [1.29, 1.82) is 0 Å². The van der Waals surface area contributed by atoms with E-state index in [9.17, 15) is 13.6 Å². The molecule has 0 heterocycles. The van der Waals surface area contributed by atoms with Crippen LogP contribution >= 0.6 is 11.8 Å². The van der Waals surface area contributed by atoms with Crippen LogP contribution in [0.1, 0.15) is 23.1 Å². The smallest absolute Gasteiger partial charge is 0.387 e. The minimum absolute atomic E-state index is 0.0686. The molecule has 1 amide bonds. The molecule has 1 aliphatic rings. The summed E-state index contributed by atoms with van der Waals surface area (Å²) < 4.78 is 29.2. The summed E-state index contributed by atoms with van der Waals surface area (Å²) in [7, 11) is 0. The molecule has 25 heavy (non-hydrogen) atoms. The van der Waals surface area contributed by atoms with Crippen LogP contribution in [0.5, 0.6) is 5.75 Å². The maximum atomic E-state index is 12.4. The molecule has 0 spiro atoms. The third-order valence-electron chi connectivity index (χ3n) is 4.21. The summed E-state index contributed by atoms with van der Waals surface area (Å²) in [5, 5.41) is 2.76. The normalized spacial score (nSPS) is 13.0. The van der Waals surface area contributed by atoms with Crippen molar-refractivity contribution in [3.05, 3.63) is 53.1 Å². The van der Waals surface area contributed by atoms with Gasteiger partial charge in [-0.3, -0.25) is 4.79 Å². The van der Waals surface area contributed by atoms with Crippen LogP contribution in [0.3, 0.4) is 0 Å². The highest BCUT2D eigenvalue weighted by Gasteiger charge is 2.14. The number of hydrogen-bond acceptors (Lipinski definition) is 3. The summed E-state index contributed by atoms with van der Waals surface area (Å²) in [6.07, 6.45) is 3.43. The first kappa shape index (κ1) is 17.7. The highest BCUT2D eigenvalue weighted by molar-refractivity contribution is 8.00. The van der Waals surface area contributed by atoms with E-state index < -0.39 is 6.61 Å². The van der Waals surface area contributed by atoms with Crippen molar-refractivity contribution in [2.45, 2.75) is 37.7 Å². The fourth-order valence-corrected chi connectivity index (χ4v) is 3.71.